The van der Waals surface area contributed by atoms with Gasteiger partial charge in [-0.05, 0) is 31.9 Å². The zero-order chi connectivity index (χ0) is 14.2. The van der Waals surface area contributed by atoms with Crippen LogP contribution in [0.5, 0.6) is 0 Å². The lowest BCUT2D eigenvalue weighted by atomic mass is 9.79. The Labute approximate surface area is 117 Å². The molecule has 0 saturated carbocycles. The maximum atomic E-state index is 14.0. The summed E-state index contributed by atoms with van der Waals surface area (Å²) in [5, 5.41) is 0. The SMILES string of the molecule is CCn1c(C2(CN)CCOCC2)nc2c(F)cccc21. The Kier molecular flexibility index (Phi) is 3.48. The molecule has 1 fully saturated rings. The minimum atomic E-state index is -0.268. The van der Waals surface area contributed by atoms with Crippen molar-refractivity contribution < 1.29 is 9.13 Å². The summed E-state index contributed by atoms with van der Waals surface area (Å²) in [5.41, 5.74) is 7.15. The maximum Gasteiger partial charge on any atom is 0.151 e. The Morgan fingerprint density at radius 2 is 2.15 bits per heavy atom. The molecule has 3 rings (SSSR count). The van der Waals surface area contributed by atoms with Crippen LogP contribution in [0.2, 0.25) is 0 Å². The summed E-state index contributed by atoms with van der Waals surface area (Å²) in [7, 11) is 0. The minimum Gasteiger partial charge on any atom is -0.381 e. The number of imidazole rings is 1. The third-order valence-corrected chi connectivity index (χ3v) is 4.36. The summed E-state index contributed by atoms with van der Waals surface area (Å²) in [6.07, 6.45) is 1.68. The monoisotopic (exact) mass is 277 g/mol. The molecule has 0 unspecified atom stereocenters. The Hall–Kier alpha value is -1.46. The van der Waals surface area contributed by atoms with Gasteiger partial charge in [-0.15, -0.1) is 0 Å². The number of ether oxygens (including phenoxy) is 1. The molecule has 1 aliphatic rings. The Balaban J connectivity index is 2.21. The van der Waals surface area contributed by atoms with E-state index in [1.54, 1.807) is 6.07 Å². The summed E-state index contributed by atoms with van der Waals surface area (Å²) in [4.78, 5) is 4.60. The van der Waals surface area contributed by atoms with Crippen molar-refractivity contribution in [3.05, 3.63) is 29.8 Å². The van der Waals surface area contributed by atoms with Crippen molar-refractivity contribution in [3.8, 4) is 0 Å². The lowest BCUT2D eigenvalue weighted by Gasteiger charge is -2.35. The van der Waals surface area contributed by atoms with Crippen LogP contribution >= 0.6 is 0 Å². The average Bonchev–Trinajstić information content (AvgIpc) is 2.88. The van der Waals surface area contributed by atoms with E-state index in [4.69, 9.17) is 10.5 Å². The molecule has 0 radical (unpaired) electrons. The van der Waals surface area contributed by atoms with E-state index in [1.165, 1.54) is 6.07 Å². The van der Waals surface area contributed by atoms with Gasteiger partial charge in [-0.1, -0.05) is 6.07 Å². The van der Waals surface area contributed by atoms with Crippen LogP contribution in [0, 0.1) is 5.82 Å². The second kappa shape index (κ2) is 5.14. The quantitative estimate of drug-likeness (QED) is 0.935. The molecule has 5 heteroatoms. The lowest BCUT2D eigenvalue weighted by Crippen LogP contribution is -2.42. The van der Waals surface area contributed by atoms with E-state index in [9.17, 15) is 4.39 Å². The highest BCUT2D eigenvalue weighted by molar-refractivity contribution is 5.77. The van der Waals surface area contributed by atoms with E-state index in [0.29, 0.717) is 25.3 Å². The van der Waals surface area contributed by atoms with Crippen LogP contribution in [0.4, 0.5) is 4.39 Å². The highest BCUT2D eigenvalue weighted by Gasteiger charge is 2.38. The van der Waals surface area contributed by atoms with Gasteiger partial charge >= 0.3 is 0 Å². The fraction of sp³-hybridized carbons (Fsp3) is 0.533. The number of aromatic nitrogens is 2. The summed E-state index contributed by atoms with van der Waals surface area (Å²) in [5.74, 6) is 0.640. The Bertz CT molecular complexity index is 617. The second-order valence-electron chi connectivity index (χ2n) is 5.38. The molecule has 0 aliphatic carbocycles. The molecule has 20 heavy (non-hydrogen) atoms. The topological polar surface area (TPSA) is 53.1 Å². The average molecular weight is 277 g/mol. The second-order valence-corrected chi connectivity index (χ2v) is 5.38. The van der Waals surface area contributed by atoms with Crippen molar-refractivity contribution in [2.45, 2.75) is 31.7 Å². The van der Waals surface area contributed by atoms with Crippen LogP contribution in [0.15, 0.2) is 18.2 Å². The zero-order valence-corrected chi connectivity index (χ0v) is 11.7. The molecule has 0 bridgehead atoms. The first-order valence-corrected chi connectivity index (χ1v) is 7.15. The fourth-order valence-electron chi connectivity index (χ4n) is 3.12. The number of nitrogens with two attached hydrogens (primary N) is 1. The number of halogens is 1. The predicted molar refractivity (Wildman–Crippen MR) is 76.2 cm³/mol. The van der Waals surface area contributed by atoms with E-state index < -0.39 is 0 Å². The largest absolute Gasteiger partial charge is 0.381 e. The van der Waals surface area contributed by atoms with E-state index in [2.05, 4.69) is 16.5 Å². The van der Waals surface area contributed by atoms with Crippen LogP contribution in [0.1, 0.15) is 25.6 Å². The number of aryl methyl sites for hydroxylation is 1. The molecular formula is C15H20FN3O. The number of rotatable bonds is 3. The van der Waals surface area contributed by atoms with Crippen molar-refractivity contribution in [1.82, 2.24) is 9.55 Å². The highest BCUT2D eigenvalue weighted by atomic mass is 19.1. The normalized spacial score (nSPS) is 18.6. The lowest BCUT2D eigenvalue weighted by molar-refractivity contribution is 0.0489. The predicted octanol–water partition coefficient (Wildman–Crippen LogP) is 2.20. The van der Waals surface area contributed by atoms with E-state index >= 15 is 0 Å². The zero-order valence-electron chi connectivity index (χ0n) is 11.7. The Morgan fingerprint density at radius 3 is 2.80 bits per heavy atom. The number of para-hydroxylation sites is 1. The van der Waals surface area contributed by atoms with Gasteiger partial charge < -0.3 is 15.0 Å². The molecular weight excluding hydrogens is 257 g/mol. The molecule has 0 spiro atoms. The first-order chi connectivity index (χ1) is 9.72. The first kappa shape index (κ1) is 13.5. The van der Waals surface area contributed by atoms with Crippen LogP contribution < -0.4 is 5.73 Å². The molecule has 1 aliphatic heterocycles. The summed E-state index contributed by atoms with van der Waals surface area (Å²) >= 11 is 0. The number of fused-ring (bicyclic) bond motifs is 1. The van der Waals surface area contributed by atoms with Crippen molar-refractivity contribution >= 4 is 11.0 Å². The van der Waals surface area contributed by atoms with Gasteiger partial charge in [0.2, 0.25) is 0 Å². The molecule has 1 aromatic heterocycles. The first-order valence-electron chi connectivity index (χ1n) is 7.15. The van der Waals surface area contributed by atoms with Crippen molar-refractivity contribution in [2.24, 2.45) is 5.73 Å². The van der Waals surface area contributed by atoms with Gasteiger partial charge in [0.25, 0.3) is 0 Å². The van der Waals surface area contributed by atoms with Crippen LogP contribution in [-0.4, -0.2) is 29.3 Å². The highest BCUT2D eigenvalue weighted by Crippen LogP contribution is 2.35. The van der Waals surface area contributed by atoms with E-state index in [-0.39, 0.29) is 11.2 Å². The molecule has 2 aromatic rings. The van der Waals surface area contributed by atoms with E-state index in [0.717, 1.165) is 30.7 Å². The van der Waals surface area contributed by atoms with Crippen LogP contribution in [0.3, 0.4) is 0 Å². The van der Waals surface area contributed by atoms with Gasteiger partial charge in [-0.3, -0.25) is 0 Å². The van der Waals surface area contributed by atoms with Gasteiger partial charge in [-0.2, -0.15) is 0 Å². The summed E-state index contributed by atoms with van der Waals surface area (Å²) in [6, 6.07) is 5.11. The standard InChI is InChI=1S/C15H20FN3O/c1-2-19-12-5-3-4-11(16)13(12)18-14(19)15(10-17)6-8-20-9-7-15/h3-5H,2,6-10,17H2,1H3. The molecule has 2 heterocycles. The Morgan fingerprint density at radius 1 is 1.40 bits per heavy atom. The van der Waals surface area contributed by atoms with Gasteiger partial charge in [0.05, 0.1) is 5.52 Å². The minimum absolute atomic E-state index is 0.195. The molecule has 108 valence electrons. The molecule has 1 aromatic carbocycles. The third-order valence-electron chi connectivity index (χ3n) is 4.36. The van der Waals surface area contributed by atoms with Crippen molar-refractivity contribution in [1.29, 1.82) is 0 Å². The number of benzene rings is 1. The molecule has 0 atom stereocenters. The van der Waals surface area contributed by atoms with Gasteiger partial charge in [0.15, 0.2) is 5.82 Å². The number of hydrogen-bond acceptors (Lipinski definition) is 3. The van der Waals surface area contributed by atoms with Gasteiger partial charge in [0.1, 0.15) is 11.3 Å². The summed E-state index contributed by atoms with van der Waals surface area (Å²) < 4.78 is 21.5. The molecule has 2 N–H and O–H groups in total. The van der Waals surface area contributed by atoms with Crippen LogP contribution in [-0.2, 0) is 16.7 Å². The smallest absolute Gasteiger partial charge is 0.151 e. The van der Waals surface area contributed by atoms with E-state index in [1.807, 2.05) is 6.07 Å². The molecule has 1 saturated heterocycles. The maximum absolute atomic E-state index is 14.0. The van der Waals surface area contributed by atoms with Gasteiger partial charge in [-0.25, -0.2) is 9.37 Å². The third kappa shape index (κ3) is 1.93. The summed E-state index contributed by atoms with van der Waals surface area (Å²) in [6.45, 7) is 4.71. The fourth-order valence-corrected chi connectivity index (χ4v) is 3.12. The number of hydrogen-bond donors (Lipinski definition) is 1. The number of nitrogens with zero attached hydrogens (tertiary/aromatic N) is 2. The van der Waals surface area contributed by atoms with Gasteiger partial charge in [0, 0.05) is 31.7 Å². The molecule has 4 nitrogen and oxygen atoms in total. The molecule has 0 amide bonds. The van der Waals surface area contributed by atoms with Crippen molar-refractivity contribution in [3.63, 3.8) is 0 Å². The van der Waals surface area contributed by atoms with Crippen molar-refractivity contribution in [2.75, 3.05) is 19.8 Å². The van der Waals surface area contributed by atoms with Crippen LogP contribution in [0.25, 0.3) is 11.0 Å².